The van der Waals surface area contributed by atoms with Gasteiger partial charge < -0.3 is 10.3 Å². The fourth-order valence-corrected chi connectivity index (χ4v) is 1.53. The second-order valence-corrected chi connectivity index (χ2v) is 4.00. The average Bonchev–Trinajstić information content (AvgIpc) is 2.75. The fourth-order valence-electron chi connectivity index (χ4n) is 1.18. The van der Waals surface area contributed by atoms with E-state index in [0.29, 0.717) is 11.4 Å². The highest BCUT2D eigenvalue weighted by atomic mass is 79.9. The molecule has 0 aliphatic carbocycles. The Labute approximate surface area is 94.6 Å². The number of H-pyrrole nitrogens is 1. The highest BCUT2D eigenvalue weighted by molar-refractivity contribution is 9.10. The van der Waals surface area contributed by atoms with Crippen molar-refractivity contribution >= 4 is 27.5 Å². The first-order valence-electron chi connectivity index (χ1n) is 4.29. The van der Waals surface area contributed by atoms with E-state index in [-0.39, 0.29) is 5.91 Å². The third-order valence-electron chi connectivity index (χ3n) is 1.86. The molecule has 78 valence electrons. The molecule has 2 aromatic rings. The van der Waals surface area contributed by atoms with Gasteiger partial charge in [0.2, 0.25) is 0 Å². The second kappa shape index (κ2) is 3.90. The number of anilines is 1. The minimum atomic E-state index is -0.186. The van der Waals surface area contributed by atoms with E-state index in [4.69, 9.17) is 0 Å². The highest BCUT2D eigenvalue weighted by Gasteiger charge is 2.08. The Kier molecular flexibility index (Phi) is 2.59. The van der Waals surface area contributed by atoms with Crippen LogP contribution in [0.3, 0.4) is 0 Å². The number of carbonyl (C=O) groups is 1. The summed E-state index contributed by atoms with van der Waals surface area (Å²) in [5, 5.41) is 6.67. The maximum absolute atomic E-state index is 11.6. The zero-order valence-electron chi connectivity index (χ0n) is 7.99. The Morgan fingerprint density at radius 3 is 3.00 bits per heavy atom. The topological polar surface area (TPSA) is 62.7 Å². The first-order chi connectivity index (χ1) is 7.15. The molecule has 5 nitrogen and oxygen atoms in total. The highest BCUT2D eigenvalue weighted by Crippen LogP contribution is 2.12. The van der Waals surface area contributed by atoms with Gasteiger partial charge in [0.1, 0.15) is 5.69 Å². The zero-order valence-corrected chi connectivity index (χ0v) is 9.58. The molecule has 1 amide bonds. The first kappa shape index (κ1) is 9.97. The lowest BCUT2D eigenvalue weighted by atomic mass is 10.4. The number of aromatic amines is 1. The number of nitrogens with one attached hydrogen (secondary N) is 2. The van der Waals surface area contributed by atoms with Gasteiger partial charge in [-0.05, 0) is 22.0 Å². The van der Waals surface area contributed by atoms with Gasteiger partial charge in [-0.25, -0.2) is 0 Å². The van der Waals surface area contributed by atoms with Crippen molar-refractivity contribution in [1.82, 2.24) is 14.8 Å². The van der Waals surface area contributed by atoms with Crippen molar-refractivity contribution in [3.63, 3.8) is 0 Å². The lowest BCUT2D eigenvalue weighted by molar-refractivity contribution is 0.102. The molecule has 2 aromatic heterocycles. The third-order valence-corrected chi connectivity index (χ3v) is 2.31. The molecule has 6 heteroatoms. The van der Waals surface area contributed by atoms with Crippen LogP contribution < -0.4 is 5.32 Å². The molecule has 0 unspecified atom stereocenters. The third kappa shape index (κ3) is 2.27. The molecule has 0 aliphatic rings. The van der Waals surface area contributed by atoms with Gasteiger partial charge in [0.15, 0.2) is 0 Å². The molecule has 0 fully saturated rings. The van der Waals surface area contributed by atoms with Crippen molar-refractivity contribution < 1.29 is 4.79 Å². The van der Waals surface area contributed by atoms with Crippen molar-refractivity contribution in [2.24, 2.45) is 7.05 Å². The van der Waals surface area contributed by atoms with E-state index in [9.17, 15) is 4.79 Å². The van der Waals surface area contributed by atoms with Crippen molar-refractivity contribution in [1.29, 1.82) is 0 Å². The van der Waals surface area contributed by atoms with Gasteiger partial charge in [-0.2, -0.15) is 5.10 Å². The van der Waals surface area contributed by atoms with Gasteiger partial charge in [-0.3, -0.25) is 9.48 Å². The number of aryl methyl sites for hydroxylation is 1. The molecule has 0 saturated heterocycles. The van der Waals surface area contributed by atoms with Gasteiger partial charge in [-0.15, -0.1) is 0 Å². The summed E-state index contributed by atoms with van der Waals surface area (Å²) in [6, 6.07) is 1.71. The summed E-state index contributed by atoms with van der Waals surface area (Å²) in [6.45, 7) is 0. The Bertz CT molecular complexity index is 488. The molecule has 0 spiro atoms. The predicted octanol–water partition coefficient (Wildman–Crippen LogP) is 1.76. The van der Waals surface area contributed by atoms with E-state index in [1.54, 1.807) is 36.4 Å². The van der Waals surface area contributed by atoms with Crippen LogP contribution in [0.15, 0.2) is 29.1 Å². The molecule has 15 heavy (non-hydrogen) atoms. The summed E-state index contributed by atoms with van der Waals surface area (Å²) in [7, 11) is 1.79. The van der Waals surface area contributed by atoms with E-state index < -0.39 is 0 Å². The van der Waals surface area contributed by atoms with Crippen LogP contribution in [0.25, 0.3) is 0 Å². The Morgan fingerprint density at radius 2 is 2.47 bits per heavy atom. The number of hydrogen-bond donors (Lipinski definition) is 2. The van der Waals surface area contributed by atoms with Crippen molar-refractivity contribution in [3.8, 4) is 0 Å². The monoisotopic (exact) mass is 268 g/mol. The van der Waals surface area contributed by atoms with E-state index >= 15 is 0 Å². The quantitative estimate of drug-likeness (QED) is 0.872. The predicted molar refractivity (Wildman–Crippen MR) is 59.7 cm³/mol. The summed E-state index contributed by atoms with van der Waals surface area (Å²) >= 11 is 3.26. The van der Waals surface area contributed by atoms with Gasteiger partial charge in [-0.1, -0.05) is 0 Å². The molecule has 0 bridgehead atoms. The lowest BCUT2D eigenvalue weighted by Crippen LogP contribution is -2.11. The van der Waals surface area contributed by atoms with Crippen LogP contribution in [0.2, 0.25) is 0 Å². The fraction of sp³-hybridized carbons (Fsp3) is 0.111. The van der Waals surface area contributed by atoms with Crippen LogP contribution in [-0.2, 0) is 7.05 Å². The molecule has 0 radical (unpaired) electrons. The molecule has 2 rings (SSSR count). The minimum Gasteiger partial charge on any atom is -0.356 e. The van der Waals surface area contributed by atoms with E-state index in [2.05, 4.69) is 31.3 Å². The Hall–Kier alpha value is -1.56. The maximum atomic E-state index is 11.6. The SMILES string of the molecule is Cn1cc(NC(=O)c2cc(Br)c[nH]2)cn1. The van der Waals surface area contributed by atoms with Gasteiger partial charge in [0, 0.05) is 23.9 Å². The molecule has 0 atom stereocenters. The van der Waals surface area contributed by atoms with Crippen LogP contribution >= 0.6 is 15.9 Å². The van der Waals surface area contributed by atoms with Gasteiger partial charge >= 0.3 is 0 Å². The van der Waals surface area contributed by atoms with Crippen molar-refractivity contribution in [2.75, 3.05) is 5.32 Å². The maximum Gasteiger partial charge on any atom is 0.272 e. The lowest BCUT2D eigenvalue weighted by Gasteiger charge is -1.98. The second-order valence-electron chi connectivity index (χ2n) is 3.09. The first-order valence-corrected chi connectivity index (χ1v) is 5.08. The van der Waals surface area contributed by atoms with Crippen LogP contribution in [-0.4, -0.2) is 20.7 Å². The van der Waals surface area contributed by atoms with Crippen molar-refractivity contribution in [2.45, 2.75) is 0 Å². The molecule has 2 heterocycles. The summed E-state index contributed by atoms with van der Waals surface area (Å²) in [5.74, 6) is -0.186. The van der Waals surface area contributed by atoms with Crippen molar-refractivity contribution in [3.05, 3.63) is 34.8 Å². The Morgan fingerprint density at radius 1 is 1.67 bits per heavy atom. The molecule has 2 N–H and O–H groups in total. The summed E-state index contributed by atoms with van der Waals surface area (Å²) in [4.78, 5) is 14.5. The van der Waals surface area contributed by atoms with Crippen LogP contribution in [0.4, 0.5) is 5.69 Å². The standard InChI is InChI=1S/C9H9BrN4O/c1-14-5-7(4-12-14)13-9(15)8-2-6(10)3-11-8/h2-5,11H,1H3,(H,13,15). The van der Waals surface area contributed by atoms with E-state index in [1.165, 1.54) is 0 Å². The normalized spacial score (nSPS) is 10.3. The van der Waals surface area contributed by atoms with Crippen LogP contribution in [0.1, 0.15) is 10.5 Å². The van der Waals surface area contributed by atoms with Crippen LogP contribution in [0.5, 0.6) is 0 Å². The minimum absolute atomic E-state index is 0.186. The molecule has 0 aliphatic heterocycles. The van der Waals surface area contributed by atoms with Crippen LogP contribution in [0, 0.1) is 0 Å². The number of aromatic nitrogens is 3. The molecule has 0 aromatic carbocycles. The smallest absolute Gasteiger partial charge is 0.272 e. The molecular formula is C9H9BrN4O. The largest absolute Gasteiger partial charge is 0.356 e. The van der Waals surface area contributed by atoms with E-state index in [1.807, 2.05) is 0 Å². The van der Waals surface area contributed by atoms with E-state index in [0.717, 1.165) is 4.47 Å². The number of hydrogen-bond acceptors (Lipinski definition) is 2. The van der Waals surface area contributed by atoms with Gasteiger partial charge in [0.25, 0.3) is 5.91 Å². The summed E-state index contributed by atoms with van der Waals surface area (Å²) < 4.78 is 2.47. The Balaban J connectivity index is 2.10. The number of halogens is 1. The number of carbonyl (C=O) groups excluding carboxylic acids is 1. The molecule has 0 saturated carbocycles. The average molecular weight is 269 g/mol. The zero-order chi connectivity index (χ0) is 10.8. The summed E-state index contributed by atoms with van der Waals surface area (Å²) in [5.41, 5.74) is 1.18. The number of nitrogens with zero attached hydrogens (tertiary/aromatic N) is 2. The van der Waals surface area contributed by atoms with Gasteiger partial charge in [0.05, 0.1) is 11.9 Å². The molecular weight excluding hydrogens is 260 g/mol. The summed E-state index contributed by atoms with van der Waals surface area (Å²) in [6.07, 6.45) is 5.03. The number of amides is 1. The number of rotatable bonds is 2.